The quantitative estimate of drug-likeness (QED) is 0.730. The number of phenols is 1. The van der Waals surface area contributed by atoms with Gasteiger partial charge in [-0.2, -0.15) is 0 Å². The minimum atomic E-state index is -1.16. The first-order valence-corrected chi connectivity index (χ1v) is 4.87. The molecule has 0 bridgehead atoms. The Hall–Kier alpha value is -2.56. The maximum absolute atomic E-state index is 11.1. The third-order valence-corrected chi connectivity index (χ3v) is 2.28. The van der Waals surface area contributed by atoms with Gasteiger partial charge in [0.2, 0.25) is 0 Å². The number of phenolic OH excluding ortho intramolecular Hbond substituents is 1. The first-order valence-electron chi connectivity index (χ1n) is 4.87. The number of benzene rings is 1. The molecule has 0 amide bonds. The van der Waals surface area contributed by atoms with Crippen LogP contribution in [-0.2, 0) is 0 Å². The van der Waals surface area contributed by atoms with Crippen molar-refractivity contribution in [3.05, 3.63) is 42.1 Å². The summed E-state index contributed by atoms with van der Waals surface area (Å²) >= 11 is 0. The largest absolute Gasteiger partial charge is 0.508 e. The van der Waals surface area contributed by atoms with Crippen LogP contribution in [-0.4, -0.2) is 21.2 Å². The molecule has 0 atom stereocenters. The van der Waals surface area contributed by atoms with Crippen molar-refractivity contribution in [3.63, 3.8) is 0 Å². The third kappa shape index (κ3) is 2.17. The van der Waals surface area contributed by atoms with Crippen molar-refractivity contribution in [1.82, 2.24) is 4.98 Å². The molecule has 5 nitrogen and oxygen atoms in total. The van der Waals surface area contributed by atoms with Crippen LogP contribution in [0.25, 0.3) is 11.1 Å². The highest BCUT2D eigenvalue weighted by molar-refractivity contribution is 5.94. The maximum Gasteiger partial charge on any atom is 0.355 e. The summed E-state index contributed by atoms with van der Waals surface area (Å²) in [7, 11) is 0. The topological polar surface area (TPSA) is 96.4 Å². The summed E-state index contributed by atoms with van der Waals surface area (Å²) in [5.74, 6) is -0.947. The fourth-order valence-corrected chi connectivity index (χ4v) is 1.54. The summed E-state index contributed by atoms with van der Waals surface area (Å²) in [5, 5.41) is 18.4. The fourth-order valence-electron chi connectivity index (χ4n) is 1.54. The number of nitrogens with two attached hydrogens (primary N) is 1. The molecular weight excluding hydrogens is 220 g/mol. The van der Waals surface area contributed by atoms with E-state index in [0.29, 0.717) is 11.1 Å². The van der Waals surface area contributed by atoms with Gasteiger partial charge in [0.15, 0.2) is 5.69 Å². The molecule has 0 spiro atoms. The Morgan fingerprint density at radius 3 is 2.65 bits per heavy atom. The molecule has 2 aromatic rings. The molecule has 0 radical (unpaired) electrons. The fraction of sp³-hybridized carbons (Fsp3) is 0. The molecule has 4 N–H and O–H groups in total. The van der Waals surface area contributed by atoms with Gasteiger partial charge in [0, 0.05) is 5.56 Å². The number of aromatic nitrogens is 1. The monoisotopic (exact) mass is 230 g/mol. The van der Waals surface area contributed by atoms with Gasteiger partial charge in [-0.3, -0.25) is 0 Å². The molecule has 1 aromatic carbocycles. The third-order valence-electron chi connectivity index (χ3n) is 2.28. The number of pyridine rings is 1. The van der Waals surface area contributed by atoms with E-state index in [2.05, 4.69) is 4.98 Å². The van der Waals surface area contributed by atoms with Crippen molar-refractivity contribution < 1.29 is 15.0 Å². The van der Waals surface area contributed by atoms with Gasteiger partial charge in [-0.05, 0) is 29.8 Å². The highest BCUT2D eigenvalue weighted by Gasteiger charge is 2.14. The predicted octanol–water partition coefficient (Wildman–Crippen LogP) is 1.73. The minimum Gasteiger partial charge on any atom is -0.508 e. The second kappa shape index (κ2) is 4.13. The van der Waals surface area contributed by atoms with E-state index >= 15 is 0 Å². The first-order chi connectivity index (χ1) is 8.08. The van der Waals surface area contributed by atoms with E-state index in [1.807, 2.05) is 0 Å². The lowest BCUT2D eigenvalue weighted by atomic mass is 10.0. The van der Waals surface area contributed by atoms with Crippen molar-refractivity contribution in [2.45, 2.75) is 0 Å². The molecule has 0 saturated heterocycles. The summed E-state index contributed by atoms with van der Waals surface area (Å²) in [6.45, 7) is 0. The van der Waals surface area contributed by atoms with Gasteiger partial charge in [0.25, 0.3) is 0 Å². The highest BCUT2D eigenvalue weighted by Crippen LogP contribution is 2.26. The standard InChI is InChI=1S/C12H10N2O3/c13-10-5-4-9(11(14-10)12(16)17)7-2-1-3-8(15)6-7/h1-6,15H,(H2,13,14)(H,16,17). The number of carboxylic acid groups (broad SMARTS) is 1. The van der Waals surface area contributed by atoms with Gasteiger partial charge >= 0.3 is 5.97 Å². The lowest BCUT2D eigenvalue weighted by Crippen LogP contribution is -2.05. The summed E-state index contributed by atoms with van der Waals surface area (Å²) < 4.78 is 0. The average molecular weight is 230 g/mol. The molecule has 0 aliphatic carbocycles. The van der Waals surface area contributed by atoms with Crippen molar-refractivity contribution in [2.75, 3.05) is 5.73 Å². The van der Waals surface area contributed by atoms with Crippen LogP contribution < -0.4 is 5.73 Å². The number of hydrogen-bond acceptors (Lipinski definition) is 4. The van der Waals surface area contributed by atoms with Gasteiger partial charge in [-0.1, -0.05) is 12.1 Å². The molecule has 17 heavy (non-hydrogen) atoms. The van der Waals surface area contributed by atoms with Crippen molar-refractivity contribution in [2.24, 2.45) is 0 Å². The van der Waals surface area contributed by atoms with E-state index in [9.17, 15) is 9.90 Å². The summed E-state index contributed by atoms with van der Waals surface area (Å²) in [4.78, 5) is 14.8. The lowest BCUT2D eigenvalue weighted by Gasteiger charge is -2.06. The van der Waals surface area contributed by atoms with E-state index in [-0.39, 0.29) is 17.3 Å². The molecule has 0 aliphatic rings. The molecule has 0 saturated carbocycles. The molecular formula is C12H10N2O3. The Morgan fingerprint density at radius 2 is 2.00 bits per heavy atom. The molecule has 5 heteroatoms. The van der Waals surface area contributed by atoms with Crippen LogP contribution in [0.15, 0.2) is 36.4 Å². The smallest absolute Gasteiger partial charge is 0.355 e. The number of nitrogens with zero attached hydrogens (tertiary/aromatic N) is 1. The molecule has 86 valence electrons. The Morgan fingerprint density at radius 1 is 1.24 bits per heavy atom. The summed E-state index contributed by atoms with van der Waals surface area (Å²) in [5.41, 5.74) is 6.32. The predicted molar refractivity (Wildman–Crippen MR) is 62.7 cm³/mol. The number of hydrogen-bond donors (Lipinski definition) is 3. The van der Waals surface area contributed by atoms with Gasteiger partial charge in [-0.15, -0.1) is 0 Å². The Labute approximate surface area is 97.2 Å². The molecule has 2 rings (SSSR count). The number of anilines is 1. The zero-order valence-electron chi connectivity index (χ0n) is 8.79. The molecule has 1 aromatic heterocycles. The van der Waals surface area contributed by atoms with Crippen molar-refractivity contribution in [1.29, 1.82) is 0 Å². The SMILES string of the molecule is Nc1ccc(-c2cccc(O)c2)c(C(=O)O)n1. The van der Waals surface area contributed by atoms with Crippen LogP contribution in [0.2, 0.25) is 0 Å². The maximum atomic E-state index is 11.1. The van der Waals surface area contributed by atoms with Crippen LogP contribution in [0.1, 0.15) is 10.5 Å². The number of rotatable bonds is 2. The van der Waals surface area contributed by atoms with Crippen molar-refractivity contribution in [3.8, 4) is 16.9 Å². The zero-order valence-corrected chi connectivity index (χ0v) is 8.79. The van der Waals surface area contributed by atoms with E-state index in [1.54, 1.807) is 18.2 Å². The Bertz CT molecular complexity index is 582. The number of nitrogen functional groups attached to an aromatic ring is 1. The number of carbonyl (C=O) groups is 1. The summed E-state index contributed by atoms with van der Waals surface area (Å²) in [6.07, 6.45) is 0. The Kier molecular flexibility index (Phi) is 2.66. The van der Waals surface area contributed by atoms with Crippen LogP contribution >= 0.6 is 0 Å². The molecule has 0 fully saturated rings. The van der Waals surface area contributed by atoms with Gasteiger partial charge < -0.3 is 15.9 Å². The van der Waals surface area contributed by atoms with Gasteiger partial charge in [0.1, 0.15) is 11.6 Å². The zero-order chi connectivity index (χ0) is 12.4. The highest BCUT2D eigenvalue weighted by atomic mass is 16.4. The molecule has 0 aliphatic heterocycles. The lowest BCUT2D eigenvalue weighted by molar-refractivity contribution is 0.0691. The van der Waals surface area contributed by atoms with Crippen LogP contribution in [0, 0.1) is 0 Å². The van der Waals surface area contributed by atoms with E-state index < -0.39 is 5.97 Å². The number of carboxylic acids is 1. The van der Waals surface area contributed by atoms with Crippen molar-refractivity contribution >= 4 is 11.8 Å². The van der Waals surface area contributed by atoms with Gasteiger partial charge in [-0.25, -0.2) is 9.78 Å². The van der Waals surface area contributed by atoms with Crippen LogP contribution in [0.4, 0.5) is 5.82 Å². The number of aromatic carboxylic acids is 1. The Balaban J connectivity index is 2.63. The van der Waals surface area contributed by atoms with E-state index in [0.717, 1.165) is 0 Å². The minimum absolute atomic E-state index is 0.0654. The first kappa shape index (κ1) is 10.9. The second-order valence-electron chi connectivity index (χ2n) is 3.49. The van der Waals surface area contributed by atoms with Crippen LogP contribution in [0.5, 0.6) is 5.75 Å². The normalized spacial score (nSPS) is 10.1. The van der Waals surface area contributed by atoms with E-state index in [4.69, 9.17) is 10.8 Å². The van der Waals surface area contributed by atoms with Gasteiger partial charge in [0.05, 0.1) is 0 Å². The molecule has 0 unspecified atom stereocenters. The summed E-state index contributed by atoms with van der Waals surface area (Å²) in [6, 6.07) is 9.40. The second-order valence-corrected chi connectivity index (χ2v) is 3.49. The number of aromatic hydroxyl groups is 1. The molecule has 1 heterocycles. The van der Waals surface area contributed by atoms with Crippen LogP contribution in [0.3, 0.4) is 0 Å². The van der Waals surface area contributed by atoms with E-state index in [1.165, 1.54) is 18.2 Å². The average Bonchev–Trinajstić information content (AvgIpc) is 2.28.